The zero-order chi connectivity index (χ0) is 14.7. The van der Waals surface area contributed by atoms with Crippen molar-refractivity contribution in [2.24, 2.45) is 5.41 Å². The van der Waals surface area contributed by atoms with Crippen LogP contribution in [0.15, 0.2) is 29.2 Å². The van der Waals surface area contributed by atoms with Crippen LogP contribution in [0.25, 0.3) is 0 Å². The van der Waals surface area contributed by atoms with Crippen molar-refractivity contribution in [2.75, 3.05) is 7.11 Å². The topological polar surface area (TPSA) is 79.2 Å². The summed E-state index contributed by atoms with van der Waals surface area (Å²) < 4.78 is 32.0. The van der Waals surface area contributed by atoms with Gasteiger partial charge in [0, 0.05) is 0 Å². The lowest BCUT2D eigenvalue weighted by Crippen LogP contribution is -2.42. The monoisotopic (exact) mass is 282 g/mol. The van der Waals surface area contributed by atoms with Gasteiger partial charge in [-0.15, -0.1) is 0 Å². The van der Waals surface area contributed by atoms with Crippen molar-refractivity contribution in [3.63, 3.8) is 0 Å². The number of hydrogen-bond acceptors (Lipinski definition) is 4. The number of para-hydroxylation sites is 1. The number of nitrogens with zero attached hydrogens (tertiary/aromatic N) is 1. The Bertz CT molecular complexity index is 583. The first-order valence-electron chi connectivity index (χ1n) is 5.77. The Hall–Kier alpha value is -1.58. The molecule has 1 unspecified atom stereocenters. The Morgan fingerprint density at radius 3 is 2.37 bits per heavy atom. The number of methoxy groups -OCH3 is 1. The summed E-state index contributed by atoms with van der Waals surface area (Å²) in [7, 11) is -2.39. The van der Waals surface area contributed by atoms with Gasteiger partial charge in [0.25, 0.3) is 0 Å². The normalized spacial score (nSPS) is 13.6. The van der Waals surface area contributed by atoms with E-state index in [1.165, 1.54) is 13.2 Å². The molecular weight excluding hydrogens is 264 g/mol. The summed E-state index contributed by atoms with van der Waals surface area (Å²) in [5, 5.41) is 9.09. The maximum atomic E-state index is 12.3. The molecule has 0 heterocycles. The predicted molar refractivity (Wildman–Crippen MR) is 72.2 cm³/mol. The van der Waals surface area contributed by atoms with Crippen LogP contribution >= 0.6 is 0 Å². The van der Waals surface area contributed by atoms with Crippen LogP contribution < -0.4 is 9.46 Å². The fourth-order valence-corrected chi connectivity index (χ4v) is 2.97. The molecule has 19 heavy (non-hydrogen) atoms. The maximum absolute atomic E-state index is 12.3. The Kier molecular flexibility index (Phi) is 4.56. The second-order valence-electron chi connectivity index (χ2n) is 5.20. The van der Waals surface area contributed by atoms with Crippen molar-refractivity contribution < 1.29 is 13.2 Å². The fraction of sp³-hybridized carbons (Fsp3) is 0.462. The number of sulfonamides is 1. The number of ether oxygens (including phenoxy) is 1. The first kappa shape index (κ1) is 15.5. The lowest BCUT2D eigenvalue weighted by Gasteiger charge is -2.25. The van der Waals surface area contributed by atoms with Crippen LogP contribution in [0, 0.1) is 16.7 Å². The Labute approximate surface area is 114 Å². The van der Waals surface area contributed by atoms with Gasteiger partial charge in [0.2, 0.25) is 10.0 Å². The lowest BCUT2D eigenvalue weighted by atomic mass is 9.88. The van der Waals surface area contributed by atoms with E-state index in [1.54, 1.807) is 39.0 Å². The summed E-state index contributed by atoms with van der Waals surface area (Å²) in [6.45, 7) is 5.39. The average Bonchev–Trinajstić information content (AvgIpc) is 2.34. The van der Waals surface area contributed by atoms with E-state index in [-0.39, 0.29) is 10.6 Å². The molecule has 1 aromatic rings. The van der Waals surface area contributed by atoms with Crippen molar-refractivity contribution in [1.82, 2.24) is 4.72 Å². The second kappa shape index (κ2) is 5.59. The molecule has 1 atom stereocenters. The van der Waals surface area contributed by atoms with Crippen molar-refractivity contribution in [2.45, 2.75) is 31.7 Å². The molecular formula is C13H18N2O3S. The highest BCUT2D eigenvalue weighted by Crippen LogP contribution is 2.25. The largest absolute Gasteiger partial charge is 0.495 e. The Morgan fingerprint density at radius 2 is 1.89 bits per heavy atom. The molecule has 0 bridgehead atoms. The number of benzene rings is 1. The highest BCUT2D eigenvalue weighted by atomic mass is 32.2. The van der Waals surface area contributed by atoms with Gasteiger partial charge in [-0.3, -0.25) is 0 Å². The third-order valence-corrected chi connectivity index (χ3v) is 4.09. The molecule has 5 nitrogen and oxygen atoms in total. The highest BCUT2D eigenvalue weighted by molar-refractivity contribution is 7.89. The molecule has 1 rings (SSSR count). The SMILES string of the molecule is COc1ccccc1S(=O)(=O)NC(C#N)C(C)(C)C. The third-order valence-electron chi connectivity index (χ3n) is 2.63. The molecule has 0 spiro atoms. The van der Waals surface area contributed by atoms with Gasteiger partial charge in [-0.05, 0) is 17.5 Å². The summed E-state index contributed by atoms with van der Waals surface area (Å²) in [6.07, 6.45) is 0. The smallest absolute Gasteiger partial charge is 0.245 e. The number of nitriles is 1. The van der Waals surface area contributed by atoms with Crippen molar-refractivity contribution in [3.8, 4) is 11.8 Å². The molecule has 1 N–H and O–H groups in total. The number of nitrogens with one attached hydrogen (secondary N) is 1. The van der Waals surface area contributed by atoms with Gasteiger partial charge in [0.1, 0.15) is 16.7 Å². The van der Waals surface area contributed by atoms with E-state index in [2.05, 4.69) is 4.72 Å². The Morgan fingerprint density at radius 1 is 1.32 bits per heavy atom. The first-order chi connectivity index (χ1) is 8.72. The summed E-state index contributed by atoms with van der Waals surface area (Å²) in [5.74, 6) is 0.251. The standard InChI is InChI=1S/C13H18N2O3S/c1-13(2,3)12(9-14)15-19(16,17)11-8-6-5-7-10(11)18-4/h5-8,12,15H,1-4H3. The summed E-state index contributed by atoms with van der Waals surface area (Å²) in [4.78, 5) is 0.0296. The zero-order valence-corrected chi connectivity index (χ0v) is 12.3. The van der Waals surface area contributed by atoms with Crippen LogP contribution in [-0.4, -0.2) is 21.6 Å². The summed E-state index contributed by atoms with van der Waals surface area (Å²) in [5.41, 5.74) is -0.496. The Balaban J connectivity index is 3.16. The van der Waals surface area contributed by atoms with E-state index < -0.39 is 21.5 Å². The molecule has 0 amide bonds. The van der Waals surface area contributed by atoms with Crippen molar-refractivity contribution in [1.29, 1.82) is 5.26 Å². The molecule has 0 aliphatic heterocycles. The molecule has 0 saturated carbocycles. The van der Waals surface area contributed by atoms with Crippen LogP contribution in [-0.2, 0) is 10.0 Å². The van der Waals surface area contributed by atoms with Gasteiger partial charge >= 0.3 is 0 Å². The van der Waals surface area contributed by atoms with Crippen LogP contribution in [0.1, 0.15) is 20.8 Å². The molecule has 0 aliphatic rings. The predicted octanol–water partition coefficient (Wildman–Crippen LogP) is 1.91. The minimum atomic E-state index is -3.79. The summed E-state index contributed by atoms with van der Waals surface area (Å²) >= 11 is 0. The maximum Gasteiger partial charge on any atom is 0.245 e. The van der Waals surface area contributed by atoms with E-state index in [1.807, 2.05) is 6.07 Å². The van der Waals surface area contributed by atoms with Gasteiger partial charge in [0.15, 0.2) is 0 Å². The molecule has 0 aromatic heterocycles. The van der Waals surface area contributed by atoms with E-state index in [4.69, 9.17) is 10.00 Å². The van der Waals surface area contributed by atoms with Crippen LogP contribution in [0.5, 0.6) is 5.75 Å². The molecule has 0 saturated heterocycles. The summed E-state index contributed by atoms with van der Waals surface area (Å²) in [6, 6.07) is 7.45. The molecule has 0 radical (unpaired) electrons. The van der Waals surface area contributed by atoms with Crippen molar-refractivity contribution in [3.05, 3.63) is 24.3 Å². The van der Waals surface area contributed by atoms with Crippen LogP contribution in [0.2, 0.25) is 0 Å². The third kappa shape index (κ3) is 3.69. The first-order valence-corrected chi connectivity index (χ1v) is 7.25. The van der Waals surface area contributed by atoms with Crippen molar-refractivity contribution >= 4 is 10.0 Å². The van der Waals surface area contributed by atoms with Gasteiger partial charge in [0.05, 0.1) is 13.2 Å². The van der Waals surface area contributed by atoms with Gasteiger partial charge < -0.3 is 4.74 Å². The average molecular weight is 282 g/mol. The van der Waals surface area contributed by atoms with Crippen LogP contribution in [0.4, 0.5) is 0 Å². The van der Waals surface area contributed by atoms with E-state index in [9.17, 15) is 8.42 Å². The number of hydrogen-bond donors (Lipinski definition) is 1. The quantitative estimate of drug-likeness (QED) is 0.915. The molecule has 104 valence electrons. The van der Waals surface area contributed by atoms with Gasteiger partial charge in [-0.2, -0.15) is 9.98 Å². The lowest BCUT2D eigenvalue weighted by molar-refractivity contribution is 0.349. The van der Waals surface area contributed by atoms with E-state index in [0.29, 0.717) is 0 Å². The molecule has 0 fully saturated rings. The van der Waals surface area contributed by atoms with Crippen LogP contribution in [0.3, 0.4) is 0 Å². The minimum Gasteiger partial charge on any atom is -0.495 e. The van der Waals surface area contributed by atoms with Gasteiger partial charge in [-0.25, -0.2) is 8.42 Å². The second-order valence-corrected chi connectivity index (χ2v) is 6.88. The zero-order valence-electron chi connectivity index (χ0n) is 11.5. The molecule has 1 aromatic carbocycles. The van der Waals surface area contributed by atoms with E-state index in [0.717, 1.165) is 0 Å². The molecule has 6 heteroatoms. The van der Waals surface area contributed by atoms with Gasteiger partial charge in [-0.1, -0.05) is 32.9 Å². The number of rotatable bonds is 4. The van der Waals surface area contributed by atoms with E-state index >= 15 is 0 Å². The fourth-order valence-electron chi connectivity index (χ4n) is 1.46. The molecule has 0 aliphatic carbocycles. The highest BCUT2D eigenvalue weighted by Gasteiger charge is 2.30. The minimum absolute atomic E-state index is 0.0296.